The van der Waals surface area contributed by atoms with Gasteiger partial charge in [-0.15, -0.1) is 0 Å². The van der Waals surface area contributed by atoms with E-state index in [9.17, 15) is 4.79 Å². The van der Waals surface area contributed by atoms with Crippen LogP contribution in [0.1, 0.15) is 39.4 Å². The summed E-state index contributed by atoms with van der Waals surface area (Å²) in [5.74, 6) is 1.22. The van der Waals surface area contributed by atoms with E-state index in [2.05, 4.69) is 20.2 Å². The maximum absolute atomic E-state index is 13.0. The Hall–Kier alpha value is -2.97. The Labute approximate surface area is 185 Å². The van der Waals surface area contributed by atoms with Gasteiger partial charge in [-0.3, -0.25) is 9.89 Å². The van der Waals surface area contributed by atoms with Gasteiger partial charge in [0.05, 0.1) is 41.7 Å². The van der Waals surface area contributed by atoms with E-state index < -0.39 is 0 Å². The standard InChI is InChI=1S/C22H24ClN5O3/c1-14-17(12-24-15(2)25-14)22(29)28-8-10-31-21(13-28)19-11-16(26-27-19)7-9-30-20-6-4-3-5-18(20)23/h3-6,11-12,21H,7-10,13H2,1-2H3,(H,26,27). The Bertz CT molecular complexity index is 1070. The molecule has 4 rings (SSSR count). The number of aromatic nitrogens is 4. The molecule has 31 heavy (non-hydrogen) atoms. The molecule has 1 aliphatic heterocycles. The van der Waals surface area contributed by atoms with Crippen molar-refractivity contribution in [1.29, 1.82) is 0 Å². The number of hydrogen-bond donors (Lipinski definition) is 1. The number of para-hydroxylation sites is 1. The number of amides is 1. The maximum atomic E-state index is 13.0. The molecule has 1 amide bonds. The molecule has 8 nitrogen and oxygen atoms in total. The van der Waals surface area contributed by atoms with Crippen LogP contribution in [0.4, 0.5) is 0 Å². The number of ether oxygens (including phenoxy) is 2. The number of benzene rings is 1. The number of halogens is 1. The highest BCUT2D eigenvalue weighted by molar-refractivity contribution is 6.32. The Balaban J connectivity index is 1.36. The molecular formula is C22H24ClN5O3. The molecule has 1 aromatic carbocycles. The number of aryl methyl sites for hydroxylation is 2. The Morgan fingerprint density at radius 3 is 3.00 bits per heavy atom. The molecule has 0 bridgehead atoms. The van der Waals surface area contributed by atoms with Gasteiger partial charge >= 0.3 is 0 Å². The van der Waals surface area contributed by atoms with Crippen molar-refractivity contribution in [1.82, 2.24) is 25.1 Å². The van der Waals surface area contributed by atoms with Crippen molar-refractivity contribution in [2.24, 2.45) is 0 Å². The lowest BCUT2D eigenvalue weighted by Crippen LogP contribution is -2.42. The van der Waals surface area contributed by atoms with Crippen molar-refractivity contribution >= 4 is 17.5 Å². The summed E-state index contributed by atoms with van der Waals surface area (Å²) in [4.78, 5) is 23.2. The average Bonchev–Trinajstić information content (AvgIpc) is 3.24. The summed E-state index contributed by atoms with van der Waals surface area (Å²) in [6.07, 6.45) is 1.95. The molecule has 0 aliphatic carbocycles. The summed E-state index contributed by atoms with van der Waals surface area (Å²) >= 11 is 6.11. The monoisotopic (exact) mass is 441 g/mol. The van der Waals surface area contributed by atoms with Crippen molar-refractivity contribution in [3.05, 3.63) is 70.0 Å². The zero-order valence-corrected chi connectivity index (χ0v) is 18.2. The molecule has 0 saturated carbocycles. The Kier molecular flexibility index (Phi) is 6.48. The Morgan fingerprint density at radius 1 is 1.35 bits per heavy atom. The predicted octanol–water partition coefficient (Wildman–Crippen LogP) is 3.31. The number of morpholine rings is 1. The van der Waals surface area contributed by atoms with E-state index in [0.29, 0.717) is 60.6 Å². The number of carbonyl (C=O) groups excluding carboxylic acids is 1. The lowest BCUT2D eigenvalue weighted by molar-refractivity contribution is -0.0248. The number of carbonyl (C=O) groups is 1. The summed E-state index contributed by atoms with van der Waals surface area (Å²) in [5.41, 5.74) is 2.89. The molecule has 1 unspecified atom stereocenters. The highest BCUT2D eigenvalue weighted by Crippen LogP contribution is 2.25. The van der Waals surface area contributed by atoms with Crippen LogP contribution in [0.5, 0.6) is 5.75 Å². The van der Waals surface area contributed by atoms with Crippen molar-refractivity contribution in [2.45, 2.75) is 26.4 Å². The highest BCUT2D eigenvalue weighted by Gasteiger charge is 2.28. The summed E-state index contributed by atoms with van der Waals surface area (Å²) in [7, 11) is 0. The van der Waals surface area contributed by atoms with Crippen LogP contribution in [0.3, 0.4) is 0 Å². The molecule has 1 aliphatic rings. The first-order valence-electron chi connectivity index (χ1n) is 10.1. The minimum atomic E-state index is -0.293. The molecule has 1 N–H and O–H groups in total. The molecule has 0 radical (unpaired) electrons. The lowest BCUT2D eigenvalue weighted by Gasteiger charge is -2.32. The van der Waals surface area contributed by atoms with E-state index in [-0.39, 0.29) is 12.0 Å². The lowest BCUT2D eigenvalue weighted by atomic mass is 10.1. The third-order valence-electron chi connectivity index (χ3n) is 5.13. The van der Waals surface area contributed by atoms with Gasteiger partial charge in [0, 0.05) is 24.9 Å². The summed E-state index contributed by atoms with van der Waals surface area (Å²) in [6, 6.07) is 9.33. The topological polar surface area (TPSA) is 93.2 Å². The quantitative estimate of drug-likeness (QED) is 0.630. The van der Waals surface area contributed by atoms with Gasteiger partial charge in [0.25, 0.3) is 5.91 Å². The largest absolute Gasteiger partial charge is 0.492 e. The minimum Gasteiger partial charge on any atom is -0.492 e. The molecule has 1 saturated heterocycles. The second-order valence-corrected chi connectivity index (χ2v) is 7.78. The van der Waals surface area contributed by atoms with Crippen molar-refractivity contribution < 1.29 is 14.3 Å². The fourth-order valence-corrected chi connectivity index (χ4v) is 3.67. The van der Waals surface area contributed by atoms with Crippen LogP contribution < -0.4 is 4.74 Å². The van der Waals surface area contributed by atoms with Crippen LogP contribution in [-0.4, -0.2) is 57.3 Å². The van der Waals surface area contributed by atoms with Gasteiger partial charge in [0.2, 0.25) is 0 Å². The number of hydrogen-bond acceptors (Lipinski definition) is 6. The van der Waals surface area contributed by atoms with Crippen molar-refractivity contribution in [3.8, 4) is 5.75 Å². The van der Waals surface area contributed by atoms with E-state index >= 15 is 0 Å². The third kappa shape index (κ3) is 5.03. The molecule has 1 fully saturated rings. The Morgan fingerprint density at radius 2 is 2.19 bits per heavy atom. The molecule has 0 spiro atoms. The molecule has 3 aromatic rings. The van der Waals surface area contributed by atoms with Gasteiger partial charge in [-0.2, -0.15) is 5.10 Å². The number of rotatable bonds is 6. The molecule has 162 valence electrons. The van der Waals surface area contributed by atoms with Gasteiger partial charge < -0.3 is 14.4 Å². The van der Waals surface area contributed by atoms with E-state index in [1.54, 1.807) is 24.1 Å². The normalized spacial score (nSPS) is 16.4. The van der Waals surface area contributed by atoms with Crippen LogP contribution in [0.25, 0.3) is 0 Å². The van der Waals surface area contributed by atoms with Crippen molar-refractivity contribution in [2.75, 3.05) is 26.3 Å². The van der Waals surface area contributed by atoms with Crippen LogP contribution in [0.2, 0.25) is 5.02 Å². The highest BCUT2D eigenvalue weighted by atomic mass is 35.5. The van der Waals surface area contributed by atoms with Crippen LogP contribution in [-0.2, 0) is 11.2 Å². The number of H-pyrrole nitrogens is 1. The number of nitrogens with zero attached hydrogens (tertiary/aromatic N) is 4. The van der Waals surface area contributed by atoms with Gasteiger partial charge in [0.15, 0.2) is 0 Å². The van der Waals surface area contributed by atoms with E-state index in [4.69, 9.17) is 21.1 Å². The van der Waals surface area contributed by atoms with Gasteiger partial charge in [-0.25, -0.2) is 9.97 Å². The molecule has 1 atom stereocenters. The fraction of sp³-hybridized carbons (Fsp3) is 0.364. The zero-order valence-electron chi connectivity index (χ0n) is 17.5. The number of nitrogens with one attached hydrogen (secondary N) is 1. The smallest absolute Gasteiger partial charge is 0.257 e. The molecule has 3 heterocycles. The van der Waals surface area contributed by atoms with Crippen LogP contribution >= 0.6 is 11.6 Å². The van der Waals surface area contributed by atoms with Crippen LogP contribution in [0, 0.1) is 13.8 Å². The van der Waals surface area contributed by atoms with Gasteiger partial charge in [-0.1, -0.05) is 23.7 Å². The minimum absolute atomic E-state index is 0.0882. The third-order valence-corrected chi connectivity index (χ3v) is 5.44. The first-order chi connectivity index (χ1) is 15.0. The van der Waals surface area contributed by atoms with E-state index in [1.165, 1.54) is 0 Å². The molecule has 9 heteroatoms. The van der Waals surface area contributed by atoms with Crippen LogP contribution in [0.15, 0.2) is 36.5 Å². The SMILES string of the molecule is Cc1ncc(C(=O)N2CCOC(c3cc(CCOc4ccccc4Cl)[nH]n3)C2)c(C)n1. The fourth-order valence-electron chi connectivity index (χ4n) is 3.48. The molecular weight excluding hydrogens is 418 g/mol. The van der Waals surface area contributed by atoms with Gasteiger partial charge in [0.1, 0.15) is 17.7 Å². The van der Waals surface area contributed by atoms with Gasteiger partial charge in [-0.05, 0) is 32.0 Å². The maximum Gasteiger partial charge on any atom is 0.257 e. The second kappa shape index (κ2) is 9.45. The second-order valence-electron chi connectivity index (χ2n) is 7.37. The average molecular weight is 442 g/mol. The van der Waals surface area contributed by atoms with E-state index in [0.717, 1.165) is 11.4 Å². The zero-order chi connectivity index (χ0) is 21.8. The summed E-state index contributed by atoms with van der Waals surface area (Å²) in [6.45, 7) is 5.48. The first-order valence-corrected chi connectivity index (χ1v) is 10.5. The number of aromatic amines is 1. The first kappa shape index (κ1) is 21.3. The van der Waals surface area contributed by atoms with E-state index in [1.807, 2.05) is 31.2 Å². The predicted molar refractivity (Wildman–Crippen MR) is 115 cm³/mol. The molecule has 2 aromatic heterocycles. The van der Waals surface area contributed by atoms with Crippen molar-refractivity contribution in [3.63, 3.8) is 0 Å². The summed E-state index contributed by atoms with van der Waals surface area (Å²) < 4.78 is 11.6. The summed E-state index contributed by atoms with van der Waals surface area (Å²) in [5, 5.41) is 8.00.